The van der Waals surface area contributed by atoms with Gasteiger partial charge < -0.3 is 8.83 Å². The van der Waals surface area contributed by atoms with Crippen LogP contribution in [0.25, 0.3) is 153 Å². The Balaban J connectivity index is 1.30. The second-order valence-electron chi connectivity index (χ2n) is 24.4. The van der Waals surface area contributed by atoms with Crippen LogP contribution in [0.3, 0.4) is 0 Å². The minimum Gasteiger partial charge on any atom is -0.457 e. The Morgan fingerprint density at radius 2 is 0.320 bits per heavy atom. The Morgan fingerprint density at radius 1 is 0.124 bits per heavy atom. The van der Waals surface area contributed by atoms with Crippen molar-refractivity contribution in [3.8, 4) is 44.5 Å². The maximum Gasteiger partial charge on any atom is 0.127 e. The number of benzene rings is 13. The molecule has 0 unspecified atom stereocenters. The Bertz CT molecular complexity index is 6350. The van der Waals surface area contributed by atoms with Crippen LogP contribution in [0.2, 0.25) is 0 Å². The largest absolute Gasteiger partial charge is 0.457 e. The van der Waals surface area contributed by atoms with Crippen LogP contribution in [0.4, 0.5) is 0 Å². The summed E-state index contributed by atoms with van der Waals surface area (Å²) in [6.45, 7) is 0. The molecule has 66 radical (unpaired) electrons. The molecule has 15 rings (SSSR count). The molecule has 0 aliphatic rings. The van der Waals surface area contributed by atoms with Gasteiger partial charge in [-0.05, 0) is 115 Å². The van der Waals surface area contributed by atoms with Gasteiger partial charge in [-0.3, -0.25) is 0 Å². The summed E-state index contributed by atoms with van der Waals surface area (Å²) in [6.07, 6.45) is 0. The summed E-state index contributed by atoms with van der Waals surface area (Å²) in [5, 5.41) is 1.45. The lowest BCUT2D eigenvalue weighted by Crippen LogP contribution is -2.48. The Morgan fingerprint density at radius 3 is 0.639 bits per heavy atom. The predicted molar refractivity (Wildman–Crippen MR) is 448 cm³/mol. The van der Waals surface area contributed by atoms with Crippen LogP contribution >= 0.6 is 0 Å². The molecule has 0 aliphatic carbocycles. The maximum absolute atomic E-state index is 8.09. The van der Waals surface area contributed by atoms with Crippen molar-refractivity contribution in [2.45, 2.75) is 0 Å². The molecule has 0 atom stereocenters. The molecule has 0 amide bonds. The van der Waals surface area contributed by atoms with Crippen LogP contribution in [0, 0.1) is 0 Å². The second kappa shape index (κ2) is 21.8. The van der Waals surface area contributed by atoms with Crippen LogP contribution in [0.1, 0.15) is 0 Å². The van der Waals surface area contributed by atoms with E-state index in [4.69, 9.17) is 268 Å². The molecule has 0 spiro atoms. The average Bonchev–Trinajstić information content (AvgIpc) is 1.40. The molecular weight excluding hydrogens is 1130 g/mol. The van der Waals surface area contributed by atoms with Crippen molar-refractivity contribution in [3.63, 3.8) is 0 Å². The molecule has 0 saturated heterocycles. The van der Waals surface area contributed by atoms with E-state index in [1.165, 1.54) is 6.07 Å². The number of hydrogen-bond acceptors (Lipinski definition) is 2. The Kier molecular flexibility index (Phi) is 15.0. The smallest absolute Gasteiger partial charge is 0.127 e. The fourth-order valence-corrected chi connectivity index (χ4v) is 15.0. The van der Waals surface area contributed by atoms with Crippen molar-refractivity contribution in [3.05, 3.63) is 6.07 Å². The zero-order valence-corrected chi connectivity index (χ0v) is 50.9. The van der Waals surface area contributed by atoms with E-state index in [0.717, 1.165) is 0 Å². The van der Waals surface area contributed by atoms with Gasteiger partial charge in [-0.25, -0.2) is 0 Å². The summed E-state index contributed by atoms with van der Waals surface area (Å²) in [5.74, 6) is 0. The summed E-state index contributed by atoms with van der Waals surface area (Å²) in [6, 6.07) is 1.52. The highest BCUT2D eigenvalue weighted by atomic mass is 16.3. The van der Waals surface area contributed by atoms with Crippen molar-refractivity contribution in [1.29, 1.82) is 0 Å². The SMILES string of the molecule is [B]c1c(-c2c([B])c([B])c3c([B])c([B])c4c([B])c([B])c([B])c5c([B])c([B])c2c3c45)cc(-c2c([B])c([B])c3c([B])c([B])c4c([B])c([B])c([B])c5c([B])c([B])c2c3c45)c(-c2c([B])c([B])c3oc4c([B])c([B])c([B])c([B])c4c3c2[B])c1-c1c([B])c([B])c2oc3c([B])c([B])c([B])c([B])c3c2c1[B]. The van der Waals surface area contributed by atoms with Crippen molar-refractivity contribution in [2.75, 3.05) is 0 Å². The fraction of sp³-hybridized carbons (Fsp3) is 0. The van der Waals surface area contributed by atoms with Gasteiger partial charge in [0.05, 0.1) is 0 Å². The number of rotatable bonds is 4. The zero-order chi connectivity index (χ0) is 70.3. The molecule has 0 N–H and O–H groups in total. The Hall–Kier alpha value is -6.32. The van der Waals surface area contributed by atoms with E-state index < -0.39 is 0 Å². The van der Waals surface area contributed by atoms with Crippen LogP contribution < -0.4 is 180 Å². The second-order valence-corrected chi connectivity index (χ2v) is 24.4. The van der Waals surface area contributed by atoms with E-state index in [-0.39, 0.29) is 333 Å². The topological polar surface area (TPSA) is 26.3 Å². The van der Waals surface area contributed by atoms with Gasteiger partial charge in [-0.1, -0.05) is 147 Å². The first-order valence-electron chi connectivity index (χ1n) is 28.9. The molecule has 13 aromatic carbocycles. The summed E-state index contributed by atoms with van der Waals surface area (Å²) in [4.78, 5) is 0. The fourth-order valence-electron chi connectivity index (χ4n) is 15.0. The first-order valence-corrected chi connectivity index (χ1v) is 28.9. The molecule has 35 heteroatoms. The monoisotopic (exact) mass is 1140 g/mol. The maximum atomic E-state index is 8.09. The molecule has 2 nitrogen and oxygen atoms in total. The first kappa shape index (κ1) is 66.6. The van der Waals surface area contributed by atoms with Crippen LogP contribution in [0.5, 0.6) is 0 Å². The molecule has 0 fully saturated rings. The predicted octanol–water partition coefficient (Wildman–Crippen LogP) is -21.9. The summed E-state index contributed by atoms with van der Waals surface area (Å²) < 4.78 is 12.8. The van der Waals surface area contributed by atoms with E-state index in [1.54, 1.807) is 0 Å². The first-order chi connectivity index (χ1) is 45.5. The van der Waals surface area contributed by atoms with Gasteiger partial charge in [-0.2, -0.15) is 0 Å². The van der Waals surface area contributed by atoms with Crippen LogP contribution in [0.15, 0.2) is 14.9 Å². The Labute approximate surface area is 602 Å². The highest BCUT2D eigenvalue weighted by Crippen LogP contribution is 2.45. The van der Waals surface area contributed by atoms with E-state index in [0.29, 0.717) is 0 Å². The minimum atomic E-state index is -0.338. The third kappa shape index (κ3) is 7.99. The molecule has 2 heterocycles. The summed E-state index contributed by atoms with van der Waals surface area (Å²) in [7, 11) is 234. The van der Waals surface area contributed by atoms with Crippen molar-refractivity contribution in [1.82, 2.24) is 0 Å². The minimum absolute atomic E-state index is 0.00146. The summed E-state index contributed by atoms with van der Waals surface area (Å²) >= 11 is 0. The van der Waals surface area contributed by atoms with Gasteiger partial charge in [-0.15, -0.1) is 32.8 Å². The van der Waals surface area contributed by atoms with E-state index >= 15 is 0 Å². The lowest BCUT2D eigenvalue weighted by atomic mass is 9.56. The van der Waals surface area contributed by atoms with Gasteiger partial charge in [0, 0.05) is 21.5 Å². The number of hydrogen-bond donors (Lipinski definition) is 0. The number of furan rings is 2. The van der Waals surface area contributed by atoms with Gasteiger partial charge >= 0.3 is 0 Å². The lowest BCUT2D eigenvalue weighted by Gasteiger charge is -2.34. The van der Waals surface area contributed by atoms with Crippen molar-refractivity contribution < 1.29 is 8.83 Å². The molecule has 0 bridgehead atoms. The molecular formula is C62HB33O2. The van der Waals surface area contributed by atoms with Gasteiger partial charge in [0.25, 0.3) is 0 Å². The molecule has 0 saturated carbocycles. The van der Waals surface area contributed by atoms with Crippen molar-refractivity contribution in [2.24, 2.45) is 0 Å². The quantitative estimate of drug-likeness (QED) is 0.130. The van der Waals surface area contributed by atoms with E-state index in [2.05, 4.69) is 0 Å². The van der Waals surface area contributed by atoms with Crippen LogP contribution in [-0.2, 0) is 0 Å². The van der Waals surface area contributed by atoms with E-state index in [9.17, 15) is 0 Å². The summed E-state index contributed by atoms with van der Waals surface area (Å²) in [5.41, 5.74) is -7.24. The van der Waals surface area contributed by atoms with Crippen LogP contribution in [-0.4, -0.2) is 259 Å². The standard InChI is InChI=1S/C62HB33O2/c63-26-3(6-13-8-10-18(36(73)32(13)69)42(79)50(87)44(81)20(10)40(77)38(75)16(8)34(71)30(6)67)1-2(5-12-7-9-17(35(72)31(12)68)41(78)49(86)43(80)19(9)39(76)37(74)15(7)33(70)29(5)66)4(14-27(64)22-24-47(84)51(88)53(90)57(94)61(24)96-59(22)55(92)45(14)82)11(26)21-28(65)23-25-48(85)52(89)54(91)58(95)62(25)97-60(23)56(93)46(21)83/h1H. The normalized spacial score (nSPS) is 12.2. The average molecular weight is 1130 g/mol. The molecule has 15 aromatic rings. The van der Waals surface area contributed by atoms with Gasteiger partial charge in [0.15, 0.2) is 0 Å². The highest BCUT2D eigenvalue weighted by Gasteiger charge is 2.35. The third-order valence-corrected chi connectivity index (χ3v) is 19.9. The number of fused-ring (bicyclic) bond motifs is 6. The molecule has 2 aromatic heterocycles. The molecule has 0 aliphatic heterocycles. The molecule has 360 valence electrons. The van der Waals surface area contributed by atoms with Gasteiger partial charge in [0.2, 0.25) is 0 Å². The van der Waals surface area contributed by atoms with Gasteiger partial charge in [0.1, 0.15) is 281 Å². The van der Waals surface area contributed by atoms with Crippen molar-refractivity contribution >= 4 is 548 Å². The zero-order valence-electron chi connectivity index (χ0n) is 50.9. The van der Waals surface area contributed by atoms with E-state index in [1.807, 2.05) is 0 Å². The third-order valence-electron chi connectivity index (χ3n) is 19.9. The highest BCUT2D eigenvalue weighted by molar-refractivity contribution is 6.80. The lowest BCUT2D eigenvalue weighted by molar-refractivity contribution is 0.674. The molecule has 97 heavy (non-hydrogen) atoms.